The van der Waals surface area contributed by atoms with Crippen LogP contribution in [0.5, 0.6) is 0 Å². The number of fused-ring (bicyclic) bond motifs is 1. The number of rotatable bonds is 3. The number of carbonyl (C=O) groups excluding carboxylic acids is 2. The molecule has 2 aromatic carbocycles. The summed E-state index contributed by atoms with van der Waals surface area (Å²) in [5.41, 5.74) is 0.960. The summed E-state index contributed by atoms with van der Waals surface area (Å²) < 4.78 is 4.59. The van der Waals surface area contributed by atoms with E-state index in [4.69, 9.17) is 12.2 Å². The van der Waals surface area contributed by atoms with Gasteiger partial charge in [0, 0.05) is 0 Å². The van der Waals surface area contributed by atoms with Crippen molar-refractivity contribution in [2.24, 2.45) is 0 Å². The molecule has 0 unspecified atom stereocenters. The minimum atomic E-state index is -0.492. The number of thioether (sulfide) groups is 1. The highest BCUT2D eigenvalue weighted by Crippen LogP contribution is 2.33. The zero-order valence-corrected chi connectivity index (χ0v) is 13.9. The van der Waals surface area contributed by atoms with Crippen molar-refractivity contribution in [3.8, 4) is 0 Å². The normalized spacial score (nSPS) is 16.4. The Labute approximate surface area is 143 Å². The maximum Gasteiger partial charge on any atom is 0.325 e. The van der Waals surface area contributed by atoms with Gasteiger partial charge in [-0.25, -0.2) is 0 Å². The third kappa shape index (κ3) is 3.28. The monoisotopic (exact) mass is 343 g/mol. The Morgan fingerprint density at radius 2 is 2.00 bits per heavy atom. The van der Waals surface area contributed by atoms with Crippen LogP contribution in [0.3, 0.4) is 0 Å². The lowest BCUT2D eigenvalue weighted by Crippen LogP contribution is -2.33. The topological polar surface area (TPSA) is 46.6 Å². The molecule has 0 bridgehead atoms. The minimum absolute atomic E-state index is 0.157. The molecule has 3 rings (SSSR count). The maximum absolute atomic E-state index is 12.0. The Hall–Kier alpha value is -2.18. The smallest absolute Gasteiger partial charge is 0.325 e. The molecule has 2 aromatic rings. The molecule has 1 saturated heterocycles. The number of carbonyl (C=O) groups is 2. The van der Waals surface area contributed by atoms with E-state index in [1.165, 1.54) is 12.0 Å². The highest BCUT2D eigenvalue weighted by molar-refractivity contribution is 8.19. The second-order valence-corrected chi connectivity index (χ2v) is 6.33. The van der Waals surface area contributed by atoms with Crippen LogP contribution >= 0.6 is 24.0 Å². The number of nitrogens with zero attached hydrogens (tertiary/aromatic N) is 1. The van der Waals surface area contributed by atoms with Crippen molar-refractivity contribution in [3.05, 3.63) is 52.9 Å². The molecule has 0 saturated carbocycles. The van der Waals surface area contributed by atoms with Crippen LogP contribution in [0.1, 0.15) is 5.56 Å². The standard InChI is InChI=1S/C17H13NO3S2/c1-21-15(19)10-18-16(22)14(23-17(18)20)9-11-6-7-12-4-2-3-5-13(12)8-11/h2-9H,10H2,1H3. The fourth-order valence-corrected chi connectivity index (χ4v) is 3.51. The number of amides is 1. The lowest BCUT2D eigenvalue weighted by atomic mass is 10.1. The second-order valence-electron chi connectivity index (χ2n) is 4.95. The highest BCUT2D eigenvalue weighted by atomic mass is 32.2. The van der Waals surface area contributed by atoms with Crippen LogP contribution in [0.15, 0.2) is 47.4 Å². The van der Waals surface area contributed by atoms with Crippen LogP contribution in [-0.4, -0.2) is 34.8 Å². The van der Waals surface area contributed by atoms with Gasteiger partial charge in [0.25, 0.3) is 5.24 Å². The molecule has 0 spiro atoms. The van der Waals surface area contributed by atoms with Gasteiger partial charge < -0.3 is 4.74 Å². The number of ether oxygens (including phenoxy) is 1. The Balaban J connectivity index is 1.88. The molecule has 0 atom stereocenters. The molecular formula is C17H13NO3S2. The zero-order valence-electron chi connectivity index (χ0n) is 12.3. The van der Waals surface area contributed by atoms with Gasteiger partial charge in [0.05, 0.1) is 12.0 Å². The number of benzene rings is 2. The molecule has 23 heavy (non-hydrogen) atoms. The molecule has 1 amide bonds. The van der Waals surface area contributed by atoms with Crippen molar-refractivity contribution in [1.29, 1.82) is 0 Å². The summed E-state index contributed by atoms with van der Waals surface area (Å²) >= 11 is 6.34. The summed E-state index contributed by atoms with van der Waals surface area (Å²) in [6, 6.07) is 14.1. The molecule has 1 aliphatic heterocycles. The van der Waals surface area contributed by atoms with E-state index in [0.717, 1.165) is 28.1 Å². The summed E-state index contributed by atoms with van der Waals surface area (Å²) in [5.74, 6) is -0.492. The first-order chi connectivity index (χ1) is 11.1. The molecule has 1 fully saturated rings. The fraction of sp³-hybridized carbons (Fsp3) is 0.118. The van der Waals surface area contributed by atoms with E-state index in [9.17, 15) is 9.59 Å². The van der Waals surface area contributed by atoms with Gasteiger partial charge in [-0.1, -0.05) is 48.6 Å². The Kier molecular flexibility index (Phi) is 4.45. The first kappa shape index (κ1) is 15.7. The molecule has 0 radical (unpaired) electrons. The predicted octanol–water partition coefficient (Wildman–Crippen LogP) is 3.85. The summed E-state index contributed by atoms with van der Waals surface area (Å²) in [4.78, 5) is 25.7. The lowest BCUT2D eigenvalue weighted by Gasteiger charge is -2.12. The number of hydrogen-bond donors (Lipinski definition) is 0. The molecule has 6 heteroatoms. The second kappa shape index (κ2) is 6.52. The fourth-order valence-electron chi connectivity index (χ4n) is 2.28. The predicted molar refractivity (Wildman–Crippen MR) is 96.2 cm³/mol. The summed E-state index contributed by atoms with van der Waals surface area (Å²) in [5, 5.41) is 2.01. The van der Waals surface area contributed by atoms with Crippen LogP contribution in [0.2, 0.25) is 0 Å². The van der Waals surface area contributed by atoms with Gasteiger partial charge in [0.15, 0.2) is 0 Å². The van der Waals surface area contributed by atoms with Crippen LogP contribution < -0.4 is 0 Å². The van der Waals surface area contributed by atoms with E-state index in [-0.39, 0.29) is 11.8 Å². The van der Waals surface area contributed by atoms with Crippen LogP contribution in [-0.2, 0) is 9.53 Å². The first-order valence-corrected chi connectivity index (χ1v) is 8.12. The average Bonchev–Trinajstić information content (AvgIpc) is 2.82. The number of methoxy groups -OCH3 is 1. The maximum atomic E-state index is 12.0. The van der Waals surface area contributed by atoms with Gasteiger partial charge in [-0.15, -0.1) is 0 Å². The van der Waals surface area contributed by atoms with E-state index in [1.807, 2.05) is 48.5 Å². The van der Waals surface area contributed by atoms with E-state index in [0.29, 0.717) is 9.89 Å². The van der Waals surface area contributed by atoms with Gasteiger partial charge in [0.1, 0.15) is 11.5 Å². The highest BCUT2D eigenvalue weighted by Gasteiger charge is 2.33. The van der Waals surface area contributed by atoms with E-state index >= 15 is 0 Å². The average molecular weight is 343 g/mol. The Bertz CT molecular complexity index is 845. The molecule has 116 valence electrons. The van der Waals surface area contributed by atoms with Gasteiger partial charge in [-0.05, 0) is 40.2 Å². The van der Waals surface area contributed by atoms with Gasteiger partial charge in [-0.3, -0.25) is 14.5 Å². The van der Waals surface area contributed by atoms with Crippen molar-refractivity contribution >= 4 is 57.0 Å². The molecule has 1 heterocycles. The Morgan fingerprint density at radius 3 is 2.74 bits per heavy atom. The first-order valence-electron chi connectivity index (χ1n) is 6.89. The van der Waals surface area contributed by atoms with E-state index in [2.05, 4.69) is 4.74 Å². The van der Waals surface area contributed by atoms with Crippen LogP contribution in [0, 0.1) is 0 Å². The molecule has 0 aromatic heterocycles. The largest absolute Gasteiger partial charge is 0.468 e. The summed E-state index contributed by atoms with van der Waals surface area (Å²) in [7, 11) is 1.28. The van der Waals surface area contributed by atoms with Gasteiger partial charge in [-0.2, -0.15) is 0 Å². The van der Waals surface area contributed by atoms with E-state index < -0.39 is 5.97 Å². The number of esters is 1. The third-order valence-corrected chi connectivity index (χ3v) is 4.96. The Morgan fingerprint density at radius 1 is 1.26 bits per heavy atom. The minimum Gasteiger partial charge on any atom is -0.468 e. The van der Waals surface area contributed by atoms with Crippen molar-refractivity contribution in [2.45, 2.75) is 0 Å². The van der Waals surface area contributed by atoms with Crippen molar-refractivity contribution in [1.82, 2.24) is 4.90 Å². The van der Waals surface area contributed by atoms with Crippen LogP contribution in [0.25, 0.3) is 16.8 Å². The van der Waals surface area contributed by atoms with E-state index in [1.54, 1.807) is 0 Å². The lowest BCUT2D eigenvalue weighted by molar-refractivity contribution is -0.140. The SMILES string of the molecule is COC(=O)CN1C(=O)SC(=Cc2ccc3ccccc3c2)C1=S. The number of thiocarbonyl (C=S) groups is 1. The summed E-state index contributed by atoms with van der Waals surface area (Å²) in [6.45, 7) is -0.157. The van der Waals surface area contributed by atoms with Gasteiger partial charge >= 0.3 is 5.97 Å². The quantitative estimate of drug-likeness (QED) is 0.481. The molecule has 0 N–H and O–H groups in total. The van der Waals surface area contributed by atoms with Gasteiger partial charge in [0.2, 0.25) is 0 Å². The molecular weight excluding hydrogens is 330 g/mol. The van der Waals surface area contributed by atoms with Crippen molar-refractivity contribution in [2.75, 3.05) is 13.7 Å². The third-order valence-electron chi connectivity index (χ3n) is 3.46. The van der Waals surface area contributed by atoms with Crippen LogP contribution in [0.4, 0.5) is 4.79 Å². The summed E-state index contributed by atoms with van der Waals surface area (Å²) in [6.07, 6.45) is 1.87. The molecule has 0 aliphatic carbocycles. The van der Waals surface area contributed by atoms with Crippen molar-refractivity contribution in [3.63, 3.8) is 0 Å². The van der Waals surface area contributed by atoms with Crippen molar-refractivity contribution < 1.29 is 14.3 Å². The number of hydrogen-bond acceptors (Lipinski definition) is 5. The zero-order chi connectivity index (χ0) is 16.4. The molecule has 4 nitrogen and oxygen atoms in total. The molecule has 1 aliphatic rings.